The third-order valence-corrected chi connectivity index (χ3v) is 5.06. The molecule has 1 saturated heterocycles. The molecule has 1 aliphatic heterocycles. The predicted molar refractivity (Wildman–Crippen MR) is 107 cm³/mol. The fraction of sp³-hybridized carbons (Fsp3) is 0.286. The van der Waals surface area contributed by atoms with Crippen LogP contribution in [0.3, 0.4) is 0 Å². The molecule has 0 saturated carbocycles. The van der Waals surface area contributed by atoms with Gasteiger partial charge in [0.25, 0.3) is 0 Å². The molecule has 27 heavy (non-hydrogen) atoms. The quantitative estimate of drug-likeness (QED) is 0.757. The average Bonchev–Trinajstić information content (AvgIpc) is 3.16. The first-order chi connectivity index (χ1) is 13.3. The molecule has 0 unspecified atom stereocenters. The van der Waals surface area contributed by atoms with E-state index in [4.69, 9.17) is 0 Å². The van der Waals surface area contributed by atoms with Crippen LogP contribution >= 0.6 is 0 Å². The molecular formula is C21H24N6. The maximum Gasteiger partial charge on any atom is 0.204 e. The molecule has 138 valence electrons. The molecule has 6 nitrogen and oxygen atoms in total. The van der Waals surface area contributed by atoms with Gasteiger partial charge in [-0.15, -0.1) is 10.2 Å². The van der Waals surface area contributed by atoms with Gasteiger partial charge in [0.15, 0.2) is 0 Å². The van der Waals surface area contributed by atoms with Gasteiger partial charge in [0.05, 0.1) is 0 Å². The fourth-order valence-electron chi connectivity index (χ4n) is 3.49. The van der Waals surface area contributed by atoms with Crippen LogP contribution in [0.15, 0.2) is 61.3 Å². The number of nitrogens with zero attached hydrogens (tertiary/aromatic N) is 5. The summed E-state index contributed by atoms with van der Waals surface area (Å²) in [5.41, 5.74) is 4.71. The van der Waals surface area contributed by atoms with Crippen molar-refractivity contribution in [3.63, 3.8) is 0 Å². The van der Waals surface area contributed by atoms with E-state index < -0.39 is 0 Å². The van der Waals surface area contributed by atoms with E-state index in [1.807, 2.05) is 18.3 Å². The lowest BCUT2D eigenvalue weighted by Gasteiger charge is -2.20. The topological polar surface area (TPSA) is 60.9 Å². The van der Waals surface area contributed by atoms with Crippen molar-refractivity contribution in [3.8, 4) is 22.5 Å². The van der Waals surface area contributed by atoms with Crippen molar-refractivity contribution >= 4 is 0 Å². The SMILES string of the molecule is C=CN1CCCN(Cc2ccc(-c3ccc(-c4nn[nH]n4)cc3)cc2)CC1. The fourth-order valence-corrected chi connectivity index (χ4v) is 3.49. The molecule has 0 spiro atoms. The van der Waals surface area contributed by atoms with E-state index in [0.29, 0.717) is 5.82 Å². The van der Waals surface area contributed by atoms with Gasteiger partial charge in [-0.1, -0.05) is 55.1 Å². The first kappa shape index (κ1) is 17.4. The third-order valence-electron chi connectivity index (χ3n) is 5.06. The van der Waals surface area contributed by atoms with Gasteiger partial charge in [-0.2, -0.15) is 5.21 Å². The molecule has 2 heterocycles. The van der Waals surface area contributed by atoms with Crippen LogP contribution in [0.1, 0.15) is 12.0 Å². The lowest BCUT2D eigenvalue weighted by Crippen LogP contribution is -2.28. The lowest BCUT2D eigenvalue weighted by atomic mass is 10.0. The molecule has 0 bridgehead atoms. The molecule has 0 atom stereocenters. The van der Waals surface area contributed by atoms with Crippen LogP contribution in [0.4, 0.5) is 0 Å². The van der Waals surface area contributed by atoms with E-state index in [1.54, 1.807) is 0 Å². The minimum atomic E-state index is 0.615. The molecule has 0 amide bonds. The standard InChI is InChI=1S/C21H24N6/c1-2-26-12-3-13-27(15-14-26)16-17-4-6-18(7-5-17)19-8-10-20(11-9-19)21-22-24-25-23-21/h2,4-11H,1,3,12-16H2,(H,22,23,24,25). The van der Waals surface area contributed by atoms with Gasteiger partial charge in [-0.05, 0) is 34.5 Å². The highest BCUT2D eigenvalue weighted by atomic mass is 15.5. The second-order valence-electron chi connectivity index (χ2n) is 6.86. The van der Waals surface area contributed by atoms with Crippen LogP contribution < -0.4 is 0 Å². The maximum absolute atomic E-state index is 4.01. The largest absolute Gasteiger partial charge is 0.377 e. The monoisotopic (exact) mass is 360 g/mol. The molecule has 1 fully saturated rings. The van der Waals surface area contributed by atoms with Crippen LogP contribution in [0, 0.1) is 0 Å². The summed E-state index contributed by atoms with van der Waals surface area (Å²) in [5, 5.41) is 14.1. The summed E-state index contributed by atoms with van der Waals surface area (Å²) >= 11 is 0. The molecule has 2 aromatic carbocycles. The minimum absolute atomic E-state index is 0.615. The Balaban J connectivity index is 1.40. The van der Waals surface area contributed by atoms with Crippen molar-refractivity contribution < 1.29 is 0 Å². The molecular weight excluding hydrogens is 336 g/mol. The Hall–Kier alpha value is -2.99. The third kappa shape index (κ3) is 4.23. The Kier molecular flexibility index (Phi) is 5.25. The van der Waals surface area contributed by atoms with Crippen molar-refractivity contribution in [2.75, 3.05) is 26.2 Å². The Morgan fingerprint density at radius 3 is 2.26 bits per heavy atom. The van der Waals surface area contributed by atoms with Gasteiger partial charge >= 0.3 is 0 Å². The first-order valence-electron chi connectivity index (χ1n) is 9.34. The number of tetrazole rings is 1. The zero-order valence-electron chi connectivity index (χ0n) is 15.4. The van der Waals surface area contributed by atoms with Gasteiger partial charge in [0.1, 0.15) is 0 Å². The second kappa shape index (κ2) is 8.14. The van der Waals surface area contributed by atoms with Crippen LogP contribution in [0.5, 0.6) is 0 Å². The van der Waals surface area contributed by atoms with Crippen molar-refractivity contribution in [1.82, 2.24) is 30.4 Å². The van der Waals surface area contributed by atoms with E-state index in [2.05, 4.69) is 73.4 Å². The molecule has 1 aromatic heterocycles. The minimum Gasteiger partial charge on any atom is -0.377 e. The summed E-state index contributed by atoms with van der Waals surface area (Å²) in [7, 11) is 0. The number of aromatic nitrogens is 4. The van der Waals surface area contributed by atoms with Gasteiger partial charge < -0.3 is 4.90 Å². The van der Waals surface area contributed by atoms with Crippen molar-refractivity contribution in [2.45, 2.75) is 13.0 Å². The molecule has 0 aliphatic carbocycles. The number of rotatable bonds is 5. The summed E-state index contributed by atoms with van der Waals surface area (Å²) < 4.78 is 0. The zero-order chi connectivity index (χ0) is 18.5. The van der Waals surface area contributed by atoms with Gasteiger partial charge in [0.2, 0.25) is 5.82 Å². The van der Waals surface area contributed by atoms with E-state index >= 15 is 0 Å². The number of hydrogen-bond donors (Lipinski definition) is 1. The average molecular weight is 360 g/mol. The Morgan fingerprint density at radius 1 is 0.889 bits per heavy atom. The van der Waals surface area contributed by atoms with E-state index in [0.717, 1.165) is 38.3 Å². The van der Waals surface area contributed by atoms with Crippen molar-refractivity contribution in [3.05, 3.63) is 66.9 Å². The predicted octanol–water partition coefficient (Wildman–Crippen LogP) is 3.18. The smallest absolute Gasteiger partial charge is 0.204 e. The van der Waals surface area contributed by atoms with Gasteiger partial charge in [-0.25, -0.2) is 0 Å². The summed E-state index contributed by atoms with van der Waals surface area (Å²) in [5.74, 6) is 0.615. The first-order valence-corrected chi connectivity index (χ1v) is 9.34. The number of nitrogens with one attached hydrogen (secondary N) is 1. The molecule has 6 heteroatoms. The Bertz CT molecular complexity index is 855. The highest BCUT2D eigenvalue weighted by Gasteiger charge is 2.12. The van der Waals surface area contributed by atoms with Crippen LogP contribution in [0.2, 0.25) is 0 Å². The highest BCUT2D eigenvalue weighted by molar-refractivity contribution is 5.67. The Morgan fingerprint density at radius 2 is 1.59 bits per heavy atom. The summed E-state index contributed by atoms with van der Waals surface area (Å²) in [6.45, 7) is 9.30. The second-order valence-corrected chi connectivity index (χ2v) is 6.86. The van der Waals surface area contributed by atoms with Crippen LogP contribution in [-0.2, 0) is 6.54 Å². The zero-order valence-corrected chi connectivity index (χ0v) is 15.4. The van der Waals surface area contributed by atoms with E-state index in [1.165, 1.54) is 23.1 Å². The van der Waals surface area contributed by atoms with Crippen LogP contribution in [-0.4, -0.2) is 56.6 Å². The normalized spacial score (nSPS) is 15.5. The molecule has 3 aromatic rings. The van der Waals surface area contributed by atoms with E-state index in [-0.39, 0.29) is 0 Å². The summed E-state index contributed by atoms with van der Waals surface area (Å²) in [6, 6.07) is 17.1. The number of benzene rings is 2. The van der Waals surface area contributed by atoms with Crippen LogP contribution in [0.25, 0.3) is 22.5 Å². The maximum atomic E-state index is 4.01. The highest BCUT2D eigenvalue weighted by Crippen LogP contribution is 2.23. The molecule has 0 radical (unpaired) electrons. The lowest BCUT2D eigenvalue weighted by molar-refractivity contribution is 0.275. The summed E-state index contributed by atoms with van der Waals surface area (Å²) in [4.78, 5) is 4.83. The number of aromatic amines is 1. The summed E-state index contributed by atoms with van der Waals surface area (Å²) in [6.07, 6.45) is 3.15. The van der Waals surface area contributed by atoms with E-state index in [9.17, 15) is 0 Å². The molecule has 4 rings (SSSR count). The van der Waals surface area contributed by atoms with Crippen molar-refractivity contribution in [1.29, 1.82) is 0 Å². The van der Waals surface area contributed by atoms with Crippen molar-refractivity contribution in [2.24, 2.45) is 0 Å². The van der Waals surface area contributed by atoms with Gasteiger partial charge in [-0.3, -0.25) is 4.90 Å². The Labute approximate surface area is 159 Å². The number of H-pyrrole nitrogens is 1. The van der Waals surface area contributed by atoms with Gasteiger partial charge in [0, 0.05) is 38.3 Å². The number of hydrogen-bond acceptors (Lipinski definition) is 5. The molecule has 1 N–H and O–H groups in total. The molecule has 1 aliphatic rings.